The van der Waals surface area contributed by atoms with Gasteiger partial charge in [-0.2, -0.15) is 0 Å². The summed E-state index contributed by atoms with van der Waals surface area (Å²) in [6.07, 6.45) is 2.03. The van der Waals surface area contributed by atoms with E-state index in [1.807, 2.05) is 0 Å². The van der Waals surface area contributed by atoms with Gasteiger partial charge in [0.25, 0.3) is 0 Å². The largest absolute Gasteiger partial charge is 0.465 e. The molecule has 0 saturated heterocycles. The molecule has 0 unspecified atom stereocenters. The van der Waals surface area contributed by atoms with Crippen LogP contribution in [-0.2, 0) is 14.3 Å². The van der Waals surface area contributed by atoms with E-state index in [2.05, 4.69) is 22.3 Å². The Kier molecular flexibility index (Phi) is 8.76. The Hall–Kier alpha value is -1.10. The fourth-order valence-corrected chi connectivity index (χ4v) is 0.957. The van der Waals surface area contributed by atoms with Gasteiger partial charge in [0, 0.05) is 6.54 Å². The van der Waals surface area contributed by atoms with Crippen LogP contribution in [0.3, 0.4) is 0 Å². The standard InChI is InChI=1S/C10H20N2O3/c1-3-5-6-12-9(13)7-11-8-10(14)15-4-2/h11H,3-8H2,1-2H3,(H,12,13). The van der Waals surface area contributed by atoms with Crippen LogP contribution in [-0.4, -0.2) is 38.1 Å². The highest BCUT2D eigenvalue weighted by Gasteiger charge is 2.03. The van der Waals surface area contributed by atoms with E-state index < -0.39 is 0 Å². The highest BCUT2D eigenvalue weighted by Crippen LogP contribution is 1.81. The number of esters is 1. The number of nitrogens with one attached hydrogen (secondary N) is 2. The molecule has 88 valence electrons. The molecule has 0 atom stereocenters. The summed E-state index contributed by atoms with van der Waals surface area (Å²) in [4.78, 5) is 22.0. The van der Waals surface area contributed by atoms with E-state index in [0.29, 0.717) is 13.2 Å². The van der Waals surface area contributed by atoms with Gasteiger partial charge in [-0.1, -0.05) is 13.3 Å². The zero-order valence-electron chi connectivity index (χ0n) is 9.47. The van der Waals surface area contributed by atoms with Crippen LogP contribution in [0, 0.1) is 0 Å². The zero-order valence-corrected chi connectivity index (χ0v) is 9.47. The second-order valence-electron chi connectivity index (χ2n) is 3.11. The number of hydrogen-bond acceptors (Lipinski definition) is 4. The molecule has 0 aliphatic carbocycles. The monoisotopic (exact) mass is 216 g/mol. The molecule has 0 saturated carbocycles. The van der Waals surface area contributed by atoms with Crippen molar-refractivity contribution >= 4 is 11.9 Å². The van der Waals surface area contributed by atoms with Gasteiger partial charge in [-0.15, -0.1) is 0 Å². The van der Waals surface area contributed by atoms with E-state index in [1.54, 1.807) is 6.92 Å². The minimum absolute atomic E-state index is 0.0784. The van der Waals surface area contributed by atoms with Crippen molar-refractivity contribution in [1.29, 1.82) is 0 Å². The minimum Gasteiger partial charge on any atom is -0.465 e. The van der Waals surface area contributed by atoms with Crippen LogP contribution in [0.4, 0.5) is 0 Å². The Morgan fingerprint density at radius 3 is 2.53 bits per heavy atom. The normalized spacial score (nSPS) is 9.73. The second kappa shape index (κ2) is 9.45. The lowest BCUT2D eigenvalue weighted by Crippen LogP contribution is -2.36. The van der Waals surface area contributed by atoms with Crippen LogP contribution in [0.2, 0.25) is 0 Å². The zero-order chi connectivity index (χ0) is 11.5. The fraction of sp³-hybridized carbons (Fsp3) is 0.800. The molecule has 0 spiro atoms. The number of hydrogen-bond donors (Lipinski definition) is 2. The SMILES string of the molecule is CCCCNC(=O)CNCC(=O)OCC. The predicted molar refractivity (Wildman–Crippen MR) is 57.4 cm³/mol. The van der Waals surface area contributed by atoms with Crippen molar-refractivity contribution in [2.75, 3.05) is 26.2 Å². The molecule has 0 radical (unpaired) electrons. The summed E-state index contributed by atoms with van der Waals surface area (Å²) in [5, 5.41) is 5.45. The van der Waals surface area contributed by atoms with E-state index in [1.165, 1.54) is 0 Å². The molecule has 0 bridgehead atoms. The molecule has 5 heteroatoms. The molecule has 15 heavy (non-hydrogen) atoms. The van der Waals surface area contributed by atoms with Crippen molar-refractivity contribution in [3.05, 3.63) is 0 Å². The molecule has 0 aromatic rings. The first-order chi connectivity index (χ1) is 7.20. The van der Waals surface area contributed by atoms with Crippen LogP contribution in [0.5, 0.6) is 0 Å². The molecular formula is C10H20N2O3. The van der Waals surface area contributed by atoms with Crippen molar-refractivity contribution in [3.63, 3.8) is 0 Å². The number of ether oxygens (including phenoxy) is 1. The third-order valence-electron chi connectivity index (χ3n) is 1.71. The van der Waals surface area contributed by atoms with Crippen LogP contribution in [0.1, 0.15) is 26.7 Å². The summed E-state index contributed by atoms with van der Waals surface area (Å²) >= 11 is 0. The Balaban J connectivity index is 3.34. The van der Waals surface area contributed by atoms with Gasteiger partial charge in [0.05, 0.1) is 19.7 Å². The minimum atomic E-state index is -0.334. The molecule has 0 aromatic carbocycles. The topological polar surface area (TPSA) is 67.4 Å². The summed E-state index contributed by atoms with van der Waals surface area (Å²) < 4.78 is 4.69. The summed E-state index contributed by atoms with van der Waals surface area (Å²) in [7, 11) is 0. The highest BCUT2D eigenvalue weighted by atomic mass is 16.5. The third kappa shape index (κ3) is 9.21. The van der Waals surface area contributed by atoms with Gasteiger partial charge in [0.2, 0.25) is 5.91 Å². The Morgan fingerprint density at radius 2 is 1.93 bits per heavy atom. The molecular weight excluding hydrogens is 196 g/mol. The van der Waals surface area contributed by atoms with Crippen LogP contribution in [0.15, 0.2) is 0 Å². The van der Waals surface area contributed by atoms with Gasteiger partial charge in [-0.25, -0.2) is 0 Å². The number of carbonyl (C=O) groups is 2. The maximum atomic E-state index is 11.1. The van der Waals surface area contributed by atoms with Crippen LogP contribution in [0.25, 0.3) is 0 Å². The van der Waals surface area contributed by atoms with Crippen molar-refractivity contribution in [3.8, 4) is 0 Å². The first-order valence-electron chi connectivity index (χ1n) is 5.33. The lowest BCUT2D eigenvalue weighted by Gasteiger charge is -2.05. The third-order valence-corrected chi connectivity index (χ3v) is 1.71. The first-order valence-corrected chi connectivity index (χ1v) is 5.33. The van der Waals surface area contributed by atoms with Gasteiger partial charge in [-0.3, -0.25) is 14.9 Å². The van der Waals surface area contributed by atoms with Crippen LogP contribution >= 0.6 is 0 Å². The van der Waals surface area contributed by atoms with E-state index in [0.717, 1.165) is 12.8 Å². The summed E-state index contributed by atoms with van der Waals surface area (Å²) in [5.41, 5.74) is 0. The first kappa shape index (κ1) is 13.9. The summed E-state index contributed by atoms with van der Waals surface area (Å²) in [6, 6.07) is 0. The Labute approximate surface area is 90.6 Å². The molecule has 2 N–H and O–H groups in total. The van der Waals surface area contributed by atoms with E-state index in [4.69, 9.17) is 0 Å². The predicted octanol–water partition coefficient (Wildman–Crippen LogP) is 0.0554. The van der Waals surface area contributed by atoms with Crippen molar-refractivity contribution in [1.82, 2.24) is 10.6 Å². The molecule has 0 heterocycles. The van der Waals surface area contributed by atoms with Gasteiger partial charge < -0.3 is 10.1 Å². The lowest BCUT2D eigenvalue weighted by atomic mass is 10.3. The molecule has 0 aliphatic heterocycles. The summed E-state index contributed by atoms with van der Waals surface area (Å²) in [5.74, 6) is -0.424. The lowest BCUT2D eigenvalue weighted by molar-refractivity contribution is -0.142. The maximum absolute atomic E-state index is 11.1. The van der Waals surface area contributed by atoms with E-state index in [-0.39, 0.29) is 25.0 Å². The maximum Gasteiger partial charge on any atom is 0.319 e. The van der Waals surface area contributed by atoms with Crippen molar-refractivity contribution in [2.24, 2.45) is 0 Å². The Morgan fingerprint density at radius 1 is 1.20 bits per heavy atom. The molecule has 1 amide bonds. The molecule has 5 nitrogen and oxygen atoms in total. The molecule has 0 rings (SSSR count). The van der Waals surface area contributed by atoms with Crippen LogP contribution < -0.4 is 10.6 Å². The van der Waals surface area contributed by atoms with E-state index in [9.17, 15) is 9.59 Å². The Bertz CT molecular complexity index is 195. The number of amides is 1. The smallest absolute Gasteiger partial charge is 0.319 e. The molecule has 0 fully saturated rings. The number of carbonyl (C=O) groups excluding carboxylic acids is 2. The van der Waals surface area contributed by atoms with E-state index >= 15 is 0 Å². The summed E-state index contributed by atoms with van der Waals surface area (Å²) in [6.45, 7) is 5.09. The highest BCUT2D eigenvalue weighted by molar-refractivity contribution is 5.79. The average molecular weight is 216 g/mol. The molecule has 0 aromatic heterocycles. The average Bonchev–Trinajstić information content (AvgIpc) is 2.18. The van der Waals surface area contributed by atoms with Gasteiger partial charge in [-0.05, 0) is 13.3 Å². The number of rotatable bonds is 8. The molecule has 0 aliphatic rings. The van der Waals surface area contributed by atoms with Gasteiger partial charge in [0.1, 0.15) is 0 Å². The van der Waals surface area contributed by atoms with Crippen molar-refractivity contribution in [2.45, 2.75) is 26.7 Å². The quantitative estimate of drug-likeness (QED) is 0.444. The van der Waals surface area contributed by atoms with Gasteiger partial charge >= 0.3 is 5.97 Å². The number of unbranched alkanes of at least 4 members (excludes halogenated alkanes) is 1. The van der Waals surface area contributed by atoms with Crippen molar-refractivity contribution < 1.29 is 14.3 Å². The fourth-order valence-electron chi connectivity index (χ4n) is 0.957. The second-order valence-corrected chi connectivity index (χ2v) is 3.11. The van der Waals surface area contributed by atoms with Gasteiger partial charge in [0.15, 0.2) is 0 Å².